The fraction of sp³-hybridized carbons (Fsp3) is 0.214. The molecule has 0 fully saturated rings. The maximum Gasteiger partial charge on any atom is 0.243 e. The van der Waals surface area contributed by atoms with Crippen molar-refractivity contribution in [2.45, 2.75) is 18.4 Å². The molecule has 2 rings (SSSR count). The molecule has 1 aromatic heterocycles. The normalized spacial score (nSPS) is 11.8. The average molecular weight is 324 g/mol. The average Bonchev–Trinajstić information content (AvgIpc) is 2.91. The highest BCUT2D eigenvalue weighted by molar-refractivity contribution is 7.89. The van der Waals surface area contributed by atoms with Gasteiger partial charge in [-0.25, -0.2) is 8.42 Å². The van der Waals surface area contributed by atoms with E-state index in [0.29, 0.717) is 16.9 Å². The van der Waals surface area contributed by atoms with Crippen LogP contribution in [0.2, 0.25) is 0 Å². The molecule has 1 aromatic carbocycles. The molecule has 0 aliphatic rings. The summed E-state index contributed by atoms with van der Waals surface area (Å²) in [6.45, 7) is 1.89. The summed E-state index contributed by atoms with van der Waals surface area (Å²) >= 11 is 4.90. The SMILES string of the molecule is Cc1ccc(C(N)=S)cc1S(=O)(=O)N(C)Cc1ccco1. The van der Waals surface area contributed by atoms with Crippen LogP contribution in [0.3, 0.4) is 0 Å². The predicted octanol–water partition coefficient (Wildman–Crippen LogP) is 2.04. The van der Waals surface area contributed by atoms with Crippen LogP contribution in [0.25, 0.3) is 0 Å². The van der Waals surface area contributed by atoms with Gasteiger partial charge in [0.1, 0.15) is 10.7 Å². The van der Waals surface area contributed by atoms with Gasteiger partial charge in [0.25, 0.3) is 0 Å². The molecule has 0 spiro atoms. The summed E-state index contributed by atoms with van der Waals surface area (Å²) in [4.78, 5) is 0.363. The van der Waals surface area contributed by atoms with Gasteiger partial charge in [0.2, 0.25) is 10.0 Å². The third-order valence-electron chi connectivity index (χ3n) is 3.12. The first-order valence-electron chi connectivity index (χ1n) is 6.21. The van der Waals surface area contributed by atoms with Crippen LogP contribution >= 0.6 is 12.2 Å². The second-order valence-corrected chi connectivity index (χ2v) is 7.14. The van der Waals surface area contributed by atoms with Gasteiger partial charge in [-0.15, -0.1) is 0 Å². The number of hydrogen-bond acceptors (Lipinski definition) is 4. The lowest BCUT2D eigenvalue weighted by Gasteiger charge is -2.18. The lowest BCUT2D eigenvalue weighted by Crippen LogP contribution is -2.27. The zero-order chi connectivity index (χ0) is 15.6. The van der Waals surface area contributed by atoms with Crippen LogP contribution in [0.15, 0.2) is 45.9 Å². The van der Waals surface area contributed by atoms with Crippen LogP contribution in [0.4, 0.5) is 0 Å². The van der Waals surface area contributed by atoms with Gasteiger partial charge in [0.05, 0.1) is 17.7 Å². The van der Waals surface area contributed by atoms with Gasteiger partial charge in [-0.3, -0.25) is 0 Å². The highest BCUT2D eigenvalue weighted by atomic mass is 32.2. The summed E-state index contributed by atoms with van der Waals surface area (Å²) in [6, 6.07) is 8.36. The predicted molar refractivity (Wildman–Crippen MR) is 84.4 cm³/mol. The van der Waals surface area contributed by atoms with Crippen molar-refractivity contribution in [3.8, 4) is 0 Å². The molecule has 0 aliphatic heterocycles. The highest BCUT2D eigenvalue weighted by Crippen LogP contribution is 2.22. The molecule has 21 heavy (non-hydrogen) atoms. The smallest absolute Gasteiger partial charge is 0.243 e. The molecule has 5 nitrogen and oxygen atoms in total. The van der Waals surface area contributed by atoms with Crippen LogP contribution in [-0.2, 0) is 16.6 Å². The minimum Gasteiger partial charge on any atom is -0.468 e. The quantitative estimate of drug-likeness (QED) is 0.852. The molecule has 0 unspecified atom stereocenters. The van der Waals surface area contributed by atoms with E-state index < -0.39 is 10.0 Å². The number of aryl methyl sites for hydroxylation is 1. The molecule has 7 heteroatoms. The van der Waals surface area contributed by atoms with Gasteiger partial charge in [-0.05, 0) is 30.7 Å². The third kappa shape index (κ3) is 3.31. The van der Waals surface area contributed by atoms with E-state index in [9.17, 15) is 8.42 Å². The number of rotatable bonds is 5. The Morgan fingerprint density at radius 2 is 2.10 bits per heavy atom. The molecule has 112 valence electrons. The maximum absolute atomic E-state index is 12.7. The van der Waals surface area contributed by atoms with Gasteiger partial charge < -0.3 is 10.2 Å². The van der Waals surface area contributed by atoms with Crippen molar-refractivity contribution in [1.29, 1.82) is 0 Å². The van der Waals surface area contributed by atoms with E-state index in [1.54, 1.807) is 31.2 Å². The molecule has 0 aliphatic carbocycles. The molecule has 0 saturated carbocycles. The van der Waals surface area contributed by atoms with Crippen LogP contribution in [0, 0.1) is 6.92 Å². The second-order valence-electron chi connectivity index (χ2n) is 4.68. The summed E-state index contributed by atoms with van der Waals surface area (Å²) in [5.41, 5.74) is 6.74. The van der Waals surface area contributed by atoms with Crippen molar-refractivity contribution in [2.24, 2.45) is 5.73 Å². The highest BCUT2D eigenvalue weighted by Gasteiger charge is 2.24. The molecular formula is C14H16N2O3S2. The second kappa shape index (κ2) is 5.97. The van der Waals surface area contributed by atoms with E-state index in [0.717, 1.165) is 0 Å². The minimum absolute atomic E-state index is 0.159. The number of nitrogens with zero attached hydrogens (tertiary/aromatic N) is 1. The maximum atomic E-state index is 12.7. The molecular weight excluding hydrogens is 308 g/mol. The fourth-order valence-corrected chi connectivity index (χ4v) is 3.42. The van der Waals surface area contributed by atoms with Gasteiger partial charge in [0, 0.05) is 12.6 Å². The number of benzene rings is 1. The Kier molecular flexibility index (Phi) is 4.46. The summed E-state index contributed by atoms with van der Waals surface area (Å²) in [7, 11) is -2.14. The Morgan fingerprint density at radius 3 is 2.67 bits per heavy atom. The van der Waals surface area contributed by atoms with Crippen molar-refractivity contribution in [3.05, 3.63) is 53.5 Å². The zero-order valence-electron chi connectivity index (χ0n) is 11.7. The number of hydrogen-bond donors (Lipinski definition) is 1. The molecule has 0 amide bonds. The molecule has 1 heterocycles. The lowest BCUT2D eigenvalue weighted by molar-refractivity contribution is 0.406. The Bertz CT molecular complexity index is 753. The van der Waals surface area contributed by atoms with Crippen molar-refractivity contribution in [2.75, 3.05) is 7.05 Å². The molecule has 2 aromatic rings. The molecule has 0 saturated heterocycles. The number of thiocarbonyl (C=S) groups is 1. The van der Waals surface area contributed by atoms with Gasteiger partial charge >= 0.3 is 0 Å². The largest absolute Gasteiger partial charge is 0.468 e. The number of furan rings is 1. The molecule has 0 atom stereocenters. The summed E-state index contributed by atoms with van der Waals surface area (Å²) in [5, 5.41) is 0. The van der Waals surface area contributed by atoms with Crippen LogP contribution in [-0.4, -0.2) is 24.8 Å². The Hall–Kier alpha value is -1.70. The molecule has 0 radical (unpaired) electrons. The summed E-state index contributed by atoms with van der Waals surface area (Å²) in [5.74, 6) is 0.573. The number of sulfonamides is 1. The van der Waals surface area contributed by atoms with Gasteiger partial charge in [0.15, 0.2) is 0 Å². The van der Waals surface area contributed by atoms with E-state index in [-0.39, 0.29) is 16.4 Å². The molecule has 2 N–H and O–H groups in total. The van der Waals surface area contributed by atoms with E-state index in [4.69, 9.17) is 22.4 Å². The Morgan fingerprint density at radius 1 is 1.38 bits per heavy atom. The first-order chi connectivity index (χ1) is 9.82. The Balaban J connectivity index is 2.38. The molecule has 0 bridgehead atoms. The Labute approximate surface area is 129 Å². The van der Waals surface area contributed by atoms with E-state index in [1.165, 1.54) is 23.7 Å². The monoisotopic (exact) mass is 324 g/mol. The number of nitrogens with two attached hydrogens (primary N) is 1. The van der Waals surface area contributed by atoms with Gasteiger partial charge in [-0.2, -0.15) is 4.31 Å². The summed E-state index contributed by atoms with van der Waals surface area (Å²) < 4.78 is 31.7. The van der Waals surface area contributed by atoms with Crippen LogP contribution < -0.4 is 5.73 Å². The minimum atomic E-state index is -3.64. The first-order valence-corrected chi connectivity index (χ1v) is 8.06. The van der Waals surface area contributed by atoms with Crippen LogP contribution in [0.1, 0.15) is 16.9 Å². The topological polar surface area (TPSA) is 76.5 Å². The van der Waals surface area contributed by atoms with E-state index in [2.05, 4.69) is 0 Å². The third-order valence-corrected chi connectivity index (χ3v) is 5.30. The zero-order valence-corrected chi connectivity index (χ0v) is 13.4. The first kappa shape index (κ1) is 15.7. The van der Waals surface area contributed by atoms with Crippen LogP contribution in [0.5, 0.6) is 0 Å². The van der Waals surface area contributed by atoms with Crippen molar-refractivity contribution in [1.82, 2.24) is 4.31 Å². The van der Waals surface area contributed by atoms with Gasteiger partial charge in [-0.1, -0.05) is 24.4 Å². The van der Waals surface area contributed by atoms with Crippen molar-refractivity contribution < 1.29 is 12.8 Å². The van der Waals surface area contributed by atoms with Crippen molar-refractivity contribution >= 4 is 27.2 Å². The van der Waals surface area contributed by atoms with E-state index >= 15 is 0 Å². The lowest BCUT2D eigenvalue weighted by atomic mass is 10.1. The van der Waals surface area contributed by atoms with E-state index in [1.807, 2.05) is 0 Å². The standard InChI is InChI=1S/C14H16N2O3S2/c1-10-5-6-11(14(15)20)8-13(10)21(17,18)16(2)9-12-4-3-7-19-12/h3-8H,9H2,1-2H3,(H2,15,20). The fourth-order valence-electron chi connectivity index (χ4n) is 1.91. The summed E-state index contributed by atoms with van der Waals surface area (Å²) in [6.07, 6.45) is 1.51. The van der Waals surface area contributed by atoms with Crippen molar-refractivity contribution in [3.63, 3.8) is 0 Å².